The summed E-state index contributed by atoms with van der Waals surface area (Å²) in [4.78, 5) is 19.9. The minimum absolute atomic E-state index is 0.0181. The Balaban J connectivity index is 1.20. The van der Waals surface area contributed by atoms with Crippen LogP contribution in [0.4, 0.5) is 56.9 Å². The highest BCUT2D eigenvalue weighted by molar-refractivity contribution is 7.95. The minimum Gasteiger partial charge on any atom is -0.505 e. The number of hydrogen-bond acceptors (Lipinski definition) is 31. The molecule has 0 fully saturated rings. The van der Waals surface area contributed by atoms with Crippen molar-refractivity contribution in [1.29, 1.82) is 0 Å². The molecule has 0 bridgehead atoms. The number of phenols is 3. The number of nitrogens with two attached hydrogens (primary N) is 1. The van der Waals surface area contributed by atoms with Gasteiger partial charge < -0.3 is 26.2 Å². The van der Waals surface area contributed by atoms with E-state index in [4.69, 9.17) is 21.5 Å². The Labute approximate surface area is 456 Å². The number of non-ortho nitro benzene ring substituents is 1. The van der Waals surface area contributed by atoms with E-state index in [1.54, 1.807) is 0 Å². The van der Waals surface area contributed by atoms with Crippen LogP contribution in [0.5, 0.6) is 17.2 Å². The molecule has 0 spiro atoms. The molecule has 80 heavy (non-hydrogen) atoms. The predicted molar refractivity (Wildman–Crippen MR) is 276 cm³/mol. The molecule has 0 aliphatic heterocycles. The number of aromatic hydroxyl groups is 3. The third kappa shape index (κ3) is 12.5. The first kappa shape index (κ1) is 57.7. The van der Waals surface area contributed by atoms with Crippen molar-refractivity contribution in [1.82, 2.24) is 0 Å². The average Bonchev–Trinajstić information content (AvgIpc) is 3.41. The number of anilines is 1. The number of benzene rings is 8. The zero-order chi connectivity index (χ0) is 57.6. The van der Waals surface area contributed by atoms with Gasteiger partial charge in [0.25, 0.3) is 25.9 Å². The van der Waals surface area contributed by atoms with Crippen LogP contribution >= 0.6 is 36.1 Å². The number of fused-ring (bicyclic) bond motifs is 3. The number of aromatic carboxylic acids is 1. The Morgan fingerprint density at radius 1 is 0.537 bits per heavy atom. The Kier molecular flexibility index (Phi) is 17.5. The maximum atomic E-state index is 12.9. The third-order valence-corrected chi connectivity index (χ3v) is 14.3. The van der Waals surface area contributed by atoms with Crippen LogP contribution in [0.15, 0.2) is 169 Å². The molecule has 37 heteroatoms. The molecule has 0 amide bonds. The number of nitro benzene ring substituents is 1. The van der Waals surface area contributed by atoms with E-state index >= 15 is 0 Å². The number of carboxylic acid groups (broad SMARTS) is 1. The quantitative estimate of drug-likeness (QED) is 0.00607. The molecule has 0 heterocycles. The van der Waals surface area contributed by atoms with Crippen LogP contribution < -0.4 is 5.73 Å². The molecule has 412 valence electrons. The van der Waals surface area contributed by atoms with Gasteiger partial charge >= 0.3 is 5.97 Å². The van der Waals surface area contributed by atoms with Crippen LogP contribution in [0.3, 0.4) is 0 Å². The van der Waals surface area contributed by atoms with E-state index in [1.165, 1.54) is 60.7 Å². The Bertz CT molecular complexity index is 4190. The SMILES string of the molecule is Nc1c(N=Nc2ccc3cc(S(=O)(=O)O)c(N=Nc4ccc([N+](=O)[O-])cc4SOOO)c(O)c3c2)c(S(=O)(=O)O)cc2cc(SOOO)c(N=Nc3ccc4c(O)c(N=Nc5ccccc5C(=O)O)c(SOOO)cc4c3)c(O)c12. The van der Waals surface area contributed by atoms with Crippen molar-refractivity contribution < 1.29 is 100.0 Å². The molecule has 8 aromatic rings. The monoisotopic (exact) mass is 1200 g/mol. The first-order valence-electron chi connectivity index (χ1n) is 21.0. The third-order valence-electron chi connectivity index (χ3n) is 10.7. The predicted octanol–water partition coefficient (Wildman–Crippen LogP) is 12.9. The molecule has 11 N–H and O–H groups in total. The number of rotatable bonds is 21. The summed E-state index contributed by atoms with van der Waals surface area (Å²) in [5, 5.41) is 124. The Hall–Kier alpha value is -8.48. The lowest BCUT2D eigenvalue weighted by Gasteiger charge is -2.14. The van der Waals surface area contributed by atoms with Gasteiger partial charge in [-0.2, -0.15) is 27.1 Å². The molecular weight excluding hydrogens is 1170 g/mol. The van der Waals surface area contributed by atoms with Crippen LogP contribution in [0.2, 0.25) is 0 Å². The zero-order valence-corrected chi connectivity index (χ0v) is 42.9. The smallest absolute Gasteiger partial charge is 0.337 e. The lowest BCUT2D eigenvalue weighted by molar-refractivity contribution is -0.432. The van der Waals surface area contributed by atoms with E-state index in [0.29, 0.717) is 12.0 Å². The van der Waals surface area contributed by atoms with Crippen molar-refractivity contribution in [2.24, 2.45) is 40.9 Å². The second kappa shape index (κ2) is 24.3. The molecule has 8 aromatic carbocycles. The molecular formula is C43H28N10O22S5. The van der Waals surface area contributed by atoms with Gasteiger partial charge in [-0.15, -0.1) is 43.7 Å². The zero-order valence-electron chi connectivity index (χ0n) is 38.8. The lowest BCUT2D eigenvalue weighted by Crippen LogP contribution is -2.02. The van der Waals surface area contributed by atoms with Gasteiger partial charge in [0.2, 0.25) is 0 Å². The van der Waals surface area contributed by atoms with Crippen LogP contribution in [0.25, 0.3) is 32.3 Å². The highest BCUT2D eigenvalue weighted by Crippen LogP contribution is 2.51. The van der Waals surface area contributed by atoms with Gasteiger partial charge in [0.05, 0.1) is 83.7 Å². The maximum Gasteiger partial charge on any atom is 0.337 e. The summed E-state index contributed by atoms with van der Waals surface area (Å²) >= 11 is 0.847. The normalized spacial score (nSPS) is 12.4. The van der Waals surface area contributed by atoms with Gasteiger partial charge in [-0.1, -0.05) is 33.3 Å². The van der Waals surface area contributed by atoms with E-state index < -0.39 is 86.6 Å². The van der Waals surface area contributed by atoms with E-state index in [0.717, 1.165) is 42.5 Å². The number of hydrogen-bond donors (Lipinski definition) is 10. The highest BCUT2D eigenvalue weighted by atomic mass is 32.2. The van der Waals surface area contributed by atoms with Crippen LogP contribution in [-0.2, 0) is 48.4 Å². The van der Waals surface area contributed by atoms with Crippen molar-refractivity contribution in [2.75, 3.05) is 5.73 Å². The summed E-state index contributed by atoms with van der Waals surface area (Å²) in [7, 11) is -10.4. The molecule has 0 saturated carbocycles. The van der Waals surface area contributed by atoms with Crippen LogP contribution in [-0.4, -0.2) is 73.0 Å². The first-order chi connectivity index (χ1) is 38.1. The summed E-state index contributed by atoms with van der Waals surface area (Å²) in [5.74, 6) is -3.56. The number of nitrogens with zero attached hydrogens (tertiary/aromatic N) is 9. The number of nitrogen functional groups attached to an aromatic ring is 1. The van der Waals surface area contributed by atoms with Gasteiger partial charge in [-0.25, -0.2) is 20.6 Å². The van der Waals surface area contributed by atoms with Crippen molar-refractivity contribution in [3.8, 4) is 17.2 Å². The van der Waals surface area contributed by atoms with Crippen molar-refractivity contribution in [3.63, 3.8) is 0 Å². The fourth-order valence-electron chi connectivity index (χ4n) is 7.30. The molecule has 0 saturated heterocycles. The number of nitro groups is 1. The number of phenolic OH excluding ortho intramolecular Hbond substituents is 3. The lowest BCUT2D eigenvalue weighted by atomic mass is 10.0. The largest absolute Gasteiger partial charge is 0.505 e. The summed E-state index contributed by atoms with van der Waals surface area (Å²) < 4.78 is 84.8. The molecule has 0 aromatic heterocycles. The number of carbonyl (C=O) groups is 1. The molecule has 8 rings (SSSR count). The molecule has 32 nitrogen and oxygen atoms in total. The second-order valence-corrected chi connectivity index (χ2v) is 20.4. The number of azo groups is 4. The van der Waals surface area contributed by atoms with Gasteiger partial charge in [-0.3, -0.25) is 19.2 Å². The van der Waals surface area contributed by atoms with Gasteiger partial charge in [-0.05, 0) is 89.0 Å². The fraction of sp³-hybridized carbons (Fsp3) is 0. The summed E-state index contributed by atoms with van der Waals surface area (Å²) in [6, 6.07) is 20.4. The van der Waals surface area contributed by atoms with Gasteiger partial charge in [0, 0.05) is 22.9 Å². The van der Waals surface area contributed by atoms with E-state index in [-0.39, 0.29) is 105 Å². The maximum absolute atomic E-state index is 12.9. The van der Waals surface area contributed by atoms with Gasteiger partial charge in [0.1, 0.15) is 43.9 Å². The van der Waals surface area contributed by atoms with Crippen LogP contribution in [0, 0.1) is 10.1 Å². The van der Waals surface area contributed by atoms with Crippen LogP contribution in [0.1, 0.15) is 10.4 Å². The number of carboxylic acids is 1. The second-order valence-electron chi connectivity index (χ2n) is 15.4. The standard InChI is InChI=1S/C43H28N10O22S5/c44-35-34-20(13-31(78-75-72-63)37(42(34)56)49-45-21-7-9-24-19(11-21)12-30(77-74-71-62)36(40(24)54)50-47-27-4-2-1-3-25(27)43(57)58)15-32(79(64,65)66)38(35)51-46-22-6-5-18-14-33(80(67,68)69)39(41(55)26(18)16-22)52-48-28-10-8-23(53(59)60)17-29(28)76-73-70-61/h1-17,54-56,61-63H,44H2,(H,57,58)(H,64,65,66)(H,67,68,69). The van der Waals surface area contributed by atoms with E-state index in [2.05, 4.69) is 69.0 Å². The fourth-order valence-corrected chi connectivity index (χ4v) is 10.1. The van der Waals surface area contributed by atoms with Crippen molar-refractivity contribution >= 4 is 152 Å². The molecule has 0 aliphatic carbocycles. The van der Waals surface area contributed by atoms with E-state index in [9.17, 15) is 61.3 Å². The first-order valence-corrected chi connectivity index (χ1v) is 26.1. The highest BCUT2D eigenvalue weighted by Gasteiger charge is 2.27. The minimum atomic E-state index is -5.26. The Morgan fingerprint density at radius 2 is 1.06 bits per heavy atom. The molecule has 0 aliphatic rings. The van der Waals surface area contributed by atoms with E-state index in [1.807, 2.05) is 0 Å². The molecule has 0 unspecified atom stereocenters. The summed E-state index contributed by atoms with van der Waals surface area (Å²) in [5.41, 5.74) is 2.32. The Morgan fingerprint density at radius 3 is 1.70 bits per heavy atom. The molecule has 0 atom stereocenters. The summed E-state index contributed by atoms with van der Waals surface area (Å²) in [6.07, 6.45) is 0. The summed E-state index contributed by atoms with van der Waals surface area (Å²) in [6.45, 7) is 0. The van der Waals surface area contributed by atoms with Gasteiger partial charge in [0.15, 0.2) is 17.2 Å². The molecule has 0 radical (unpaired) electrons. The van der Waals surface area contributed by atoms with Crippen molar-refractivity contribution in [3.05, 3.63) is 119 Å². The topological polar surface area (TPSA) is 491 Å². The average molecular weight is 1200 g/mol. The van der Waals surface area contributed by atoms with Crippen molar-refractivity contribution in [2.45, 2.75) is 24.5 Å².